The molecule has 3 atom stereocenters. The Bertz CT molecular complexity index is 328. The Morgan fingerprint density at radius 3 is 2.29 bits per heavy atom. The summed E-state index contributed by atoms with van der Waals surface area (Å²) < 4.78 is 5.76. The molecule has 2 nitrogen and oxygen atoms in total. The summed E-state index contributed by atoms with van der Waals surface area (Å²) in [6.07, 6.45) is 2.97. The second-order valence-electron chi connectivity index (χ2n) is 5.22. The highest BCUT2D eigenvalue weighted by molar-refractivity contribution is 5.18. The molecule has 0 aliphatic carbocycles. The summed E-state index contributed by atoms with van der Waals surface area (Å²) in [4.78, 5) is 0. The Morgan fingerprint density at radius 2 is 1.71 bits per heavy atom. The zero-order valence-electron chi connectivity index (χ0n) is 11.0. The third-order valence-electron chi connectivity index (χ3n) is 3.48. The molecule has 1 aliphatic heterocycles. The van der Waals surface area contributed by atoms with E-state index in [4.69, 9.17) is 4.74 Å². The Hall–Kier alpha value is -0.860. The van der Waals surface area contributed by atoms with Gasteiger partial charge in [-0.15, -0.1) is 0 Å². The Kier molecular flexibility index (Phi) is 4.19. The average molecular weight is 233 g/mol. The van der Waals surface area contributed by atoms with E-state index in [0.717, 1.165) is 12.8 Å². The van der Waals surface area contributed by atoms with Gasteiger partial charge in [0.25, 0.3) is 0 Å². The quantitative estimate of drug-likeness (QED) is 0.865. The molecule has 1 saturated heterocycles. The largest absolute Gasteiger partial charge is 0.375 e. The maximum absolute atomic E-state index is 5.76. The third kappa shape index (κ3) is 3.55. The fourth-order valence-electron chi connectivity index (χ4n) is 2.73. The first-order valence-corrected chi connectivity index (χ1v) is 6.61. The molecule has 0 bridgehead atoms. The number of ether oxygens (including phenoxy) is 1. The van der Waals surface area contributed by atoms with Crippen LogP contribution in [-0.4, -0.2) is 18.2 Å². The van der Waals surface area contributed by atoms with E-state index in [1.54, 1.807) is 0 Å². The molecule has 17 heavy (non-hydrogen) atoms. The van der Waals surface area contributed by atoms with Gasteiger partial charge in [-0.3, -0.25) is 0 Å². The SMILES string of the molecule is CC1CC(N[C@@H](C)c2ccccc2)CC(C)O1. The number of nitrogens with one attached hydrogen (secondary N) is 1. The minimum absolute atomic E-state index is 0.374. The van der Waals surface area contributed by atoms with Gasteiger partial charge in [-0.05, 0) is 39.2 Å². The van der Waals surface area contributed by atoms with Crippen LogP contribution in [0.4, 0.5) is 0 Å². The first kappa shape index (κ1) is 12.6. The van der Waals surface area contributed by atoms with Crippen molar-refractivity contribution in [3.63, 3.8) is 0 Å². The molecule has 0 amide bonds. The lowest BCUT2D eigenvalue weighted by Gasteiger charge is -2.34. The molecule has 94 valence electrons. The molecule has 2 unspecified atom stereocenters. The summed E-state index contributed by atoms with van der Waals surface area (Å²) in [5, 5.41) is 3.72. The topological polar surface area (TPSA) is 21.3 Å². The minimum atomic E-state index is 0.374. The highest BCUT2D eigenvalue weighted by Crippen LogP contribution is 2.22. The van der Waals surface area contributed by atoms with Crippen molar-refractivity contribution in [2.75, 3.05) is 0 Å². The van der Waals surface area contributed by atoms with Gasteiger partial charge >= 0.3 is 0 Å². The summed E-state index contributed by atoms with van der Waals surface area (Å²) in [6, 6.07) is 11.6. The van der Waals surface area contributed by atoms with E-state index in [-0.39, 0.29) is 0 Å². The second kappa shape index (κ2) is 5.65. The van der Waals surface area contributed by atoms with Crippen molar-refractivity contribution in [1.82, 2.24) is 5.32 Å². The Balaban J connectivity index is 1.92. The van der Waals surface area contributed by atoms with Crippen LogP contribution in [0.15, 0.2) is 30.3 Å². The van der Waals surface area contributed by atoms with Crippen LogP contribution in [0.5, 0.6) is 0 Å². The normalized spacial score (nSPS) is 31.1. The van der Waals surface area contributed by atoms with Crippen molar-refractivity contribution in [3.05, 3.63) is 35.9 Å². The van der Waals surface area contributed by atoms with Crippen molar-refractivity contribution in [3.8, 4) is 0 Å². The first-order valence-electron chi connectivity index (χ1n) is 6.61. The van der Waals surface area contributed by atoms with Gasteiger partial charge in [-0.2, -0.15) is 0 Å². The van der Waals surface area contributed by atoms with Crippen LogP contribution in [0.2, 0.25) is 0 Å². The van der Waals surface area contributed by atoms with Crippen molar-refractivity contribution < 1.29 is 4.74 Å². The van der Waals surface area contributed by atoms with E-state index in [1.165, 1.54) is 5.56 Å². The highest BCUT2D eigenvalue weighted by atomic mass is 16.5. The standard InChI is InChI=1S/C15H23NO/c1-11-9-15(10-12(2)17-11)16-13(3)14-7-5-4-6-8-14/h4-8,11-13,15-16H,9-10H2,1-3H3/t11?,12?,13-,15?/m0/s1. The number of rotatable bonds is 3. The maximum atomic E-state index is 5.76. The van der Waals surface area contributed by atoms with Gasteiger partial charge in [0.1, 0.15) is 0 Å². The molecular formula is C15H23NO. The summed E-state index contributed by atoms with van der Waals surface area (Å²) in [5.41, 5.74) is 1.36. The van der Waals surface area contributed by atoms with Gasteiger partial charge < -0.3 is 10.1 Å². The lowest BCUT2D eigenvalue weighted by Crippen LogP contribution is -2.42. The molecule has 0 saturated carbocycles. The van der Waals surface area contributed by atoms with Gasteiger partial charge in [0.15, 0.2) is 0 Å². The van der Waals surface area contributed by atoms with Crippen LogP contribution in [0, 0.1) is 0 Å². The van der Waals surface area contributed by atoms with E-state index >= 15 is 0 Å². The van der Waals surface area contributed by atoms with Crippen molar-refractivity contribution in [2.45, 2.75) is 57.9 Å². The number of benzene rings is 1. The van der Waals surface area contributed by atoms with E-state index in [0.29, 0.717) is 24.3 Å². The predicted molar refractivity (Wildman–Crippen MR) is 71.0 cm³/mol. The fourth-order valence-corrected chi connectivity index (χ4v) is 2.73. The first-order chi connectivity index (χ1) is 8.15. The maximum Gasteiger partial charge on any atom is 0.0565 e. The summed E-state index contributed by atoms with van der Waals surface area (Å²) >= 11 is 0. The van der Waals surface area contributed by atoms with E-state index < -0.39 is 0 Å². The van der Waals surface area contributed by atoms with Gasteiger partial charge in [-0.25, -0.2) is 0 Å². The monoisotopic (exact) mass is 233 g/mol. The molecule has 1 aromatic rings. The Morgan fingerprint density at radius 1 is 1.12 bits per heavy atom. The van der Waals surface area contributed by atoms with Crippen LogP contribution in [-0.2, 0) is 4.74 Å². The molecule has 0 spiro atoms. The minimum Gasteiger partial charge on any atom is -0.375 e. The van der Waals surface area contributed by atoms with Crippen LogP contribution < -0.4 is 5.32 Å². The number of hydrogen-bond donors (Lipinski definition) is 1. The van der Waals surface area contributed by atoms with Crippen molar-refractivity contribution >= 4 is 0 Å². The highest BCUT2D eigenvalue weighted by Gasteiger charge is 2.25. The lowest BCUT2D eigenvalue weighted by molar-refractivity contribution is -0.0433. The zero-order valence-corrected chi connectivity index (χ0v) is 11.0. The van der Waals surface area contributed by atoms with Gasteiger partial charge in [0, 0.05) is 12.1 Å². The molecule has 0 aromatic heterocycles. The van der Waals surface area contributed by atoms with E-state index in [1.807, 2.05) is 0 Å². The zero-order chi connectivity index (χ0) is 12.3. The van der Waals surface area contributed by atoms with Crippen LogP contribution in [0.25, 0.3) is 0 Å². The van der Waals surface area contributed by atoms with Gasteiger partial charge in [-0.1, -0.05) is 30.3 Å². The van der Waals surface area contributed by atoms with Crippen LogP contribution >= 0.6 is 0 Å². The van der Waals surface area contributed by atoms with Crippen molar-refractivity contribution in [1.29, 1.82) is 0 Å². The lowest BCUT2D eigenvalue weighted by atomic mass is 9.98. The predicted octanol–water partition coefficient (Wildman–Crippen LogP) is 3.29. The molecule has 2 heteroatoms. The summed E-state index contributed by atoms with van der Waals surface area (Å²) in [6.45, 7) is 6.56. The van der Waals surface area contributed by atoms with E-state index in [9.17, 15) is 0 Å². The molecule has 1 N–H and O–H groups in total. The van der Waals surface area contributed by atoms with E-state index in [2.05, 4.69) is 56.4 Å². The third-order valence-corrected chi connectivity index (χ3v) is 3.48. The molecular weight excluding hydrogens is 210 g/mol. The van der Waals surface area contributed by atoms with Gasteiger partial charge in [0.2, 0.25) is 0 Å². The molecule has 1 aliphatic rings. The number of hydrogen-bond acceptors (Lipinski definition) is 2. The summed E-state index contributed by atoms with van der Waals surface area (Å²) in [7, 11) is 0. The second-order valence-corrected chi connectivity index (χ2v) is 5.22. The van der Waals surface area contributed by atoms with Crippen molar-refractivity contribution in [2.24, 2.45) is 0 Å². The van der Waals surface area contributed by atoms with Gasteiger partial charge in [0.05, 0.1) is 12.2 Å². The van der Waals surface area contributed by atoms with Crippen LogP contribution in [0.1, 0.15) is 45.2 Å². The molecule has 0 radical (unpaired) electrons. The fraction of sp³-hybridized carbons (Fsp3) is 0.600. The summed E-state index contributed by atoms with van der Waals surface area (Å²) in [5.74, 6) is 0. The smallest absolute Gasteiger partial charge is 0.0565 e. The average Bonchev–Trinajstić information content (AvgIpc) is 2.28. The Labute approximate surface area is 104 Å². The molecule has 1 heterocycles. The molecule has 2 rings (SSSR count). The molecule has 1 aromatic carbocycles. The van der Waals surface area contributed by atoms with Crippen LogP contribution in [0.3, 0.4) is 0 Å². The molecule has 1 fully saturated rings.